The molecule has 0 spiro atoms. The van der Waals surface area contributed by atoms with Crippen molar-refractivity contribution in [3.05, 3.63) is 0 Å². The molecule has 0 saturated carbocycles. The minimum Gasteiger partial charge on any atom is -0.419 e. The first-order chi connectivity index (χ1) is 4.50. The van der Waals surface area contributed by atoms with Gasteiger partial charge in [0.05, 0.1) is 0 Å². The third-order valence-electron chi connectivity index (χ3n) is 2.53. The van der Waals surface area contributed by atoms with Gasteiger partial charge in [-0.05, 0) is 13.1 Å². The molecular formula is C5H18N2O2Si2. The average molecular weight is 194 g/mol. The Morgan fingerprint density at radius 2 is 1.18 bits per heavy atom. The molecule has 0 aromatic rings. The van der Waals surface area contributed by atoms with Crippen LogP contribution in [0.15, 0.2) is 0 Å². The first-order valence-electron chi connectivity index (χ1n) is 3.52. The minimum absolute atomic E-state index is 0.681. The largest absolute Gasteiger partial charge is 0.419 e. The van der Waals surface area contributed by atoms with Crippen molar-refractivity contribution in [2.45, 2.75) is 31.6 Å². The molecule has 0 aliphatic carbocycles. The second kappa shape index (κ2) is 2.65. The van der Waals surface area contributed by atoms with Crippen LogP contribution in [-0.4, -0.2) is 26.5 Å². The number of rotatable bonds is 2. The topological polar surface area (TPSA) is 92.5 Å². The predicted octanol–water partition coefficient (Wildman–Crippen LogP) is -0.648. The van der Waals surface area contributed by atoms with Gasteiger partial charge in [-0.1, -0.05) is 13.8 Å². The lowest BCUT2D eigenvalue weighted by Gasteiger charge is -2.40. The summed E-state index contributed by atoms with van der Waals surface area (Å²) >= 11 is 0. The fourth-order valence-electron chi connectivity index (χ4n) is 0.512. The van der Waals surface area contributed by atoms with Crippen LogP contribution in [0.1, 0.15) is 13.8 Å². The van der Waals surface area contributed by atoms with Crippen molar-refractivity contribution in [2.24, 2.45) is 10.8 Å². The number of hydrogen-bond donors (Lipinski definition) is 4. The van der Waals surface area contributed by atoms with Crippen LogP contribution in [-0.2, 0) is 0 Å². The third kappa shape index (κ3) is 2.11. The maximum absolute atomic E-state index is 9.59. The quantitative estimate of drug-likeness (QED) is 0.440. The van der Waals surface area contributed by atoms with Crippen LogP contribution in [0, 0.1) is 0 Å². The monoisotopic (exact) mass is 194 g/mol. The highest BCUT2D eigenvalue weighted by Gasteiger charge is 2.52. The number of nitrogens with two attached hydrogens (primary N) is 2. The van der Waals surface area contributed by atoms with Crippen LogP contribution in [0.5, 0.6) is 0 Å². The minimum atomic E-state index is -2.83. The van der Waals surface area contributed by atoms with Crippen molar-refractivity contribution in [1.82, 2.24) is 0 Å². The predicted molar refractivity (Wildman–Crippen MR) is 50.1 cm³/mol. The van der Waals surface area contributed by atoms with Gasteiger partial charge in [-0.15, -0.1) is 0 Å². The van der Waals surface area contributed by atoms with E-state index in [2.05, 4.69) is 0 Å². The van der Waals surface area contributed by atoms with Gasteiger partial charge in [0.25, 0.3) is 17.0 Å². The van der Waals surface area contributed by atoms with Crippen molar-refractivity contribution in [3.8, 4) is 0 Å². The average Bonchev–Trinajstić information content (AvgIpc) is 1.58. The molecule has 0 fully saturated rings. The van der Waals surface area contributed by atoms with E-state index in [0.29, 0.717) is 0 Å². The Labute approximate surface area is 69.6 Å². The van der Waals surface area contributed by atoms with Crippen LogP contribution >= 0.6 is 0 Å². The molecule has 2 atom stereocenters. The molecule has 0 saturated heterocycles. The summed E-state index contributed by atoms with van der Waals surface area (Å²) in [5.74, 6) is 0. The zero-order valence-electron chi connectivity index (χ0n) is 7.55. The van der Waals surface area contributed by atoms with E-state index in [1.54, 1.807) is 26.9 Å². The molecule has 0 rings (SSSR count). The van der Waals surface area contributed by atoms with E-state index in [1.165, 1.54) is 0 Å². The zero-order chi connectivity index (χ0) is 9.50. The smallest absolute Gasteiger partial charge is 0.266 e. The Morgan fingerprint density at radius 3 is 1.18 bits per heavy atom. The van der Waals surface area contributed by atoms with E-state index < -0.39 is 21.6 Å². The molecule has 68 valence electrons. The number of hydrogen-bond acceptors (Lipinski definition) is 4. The first kappa shape index (κ1) is 11.3. The zero-order valence-corrected chi connectivity index (χ0v) is 9.55. The Hall–Kier alpha value is 0.274. The molecule has 0 aromatic heterocycles. The van der Waals surface area contributed by atoms with Gasteiger partial charge in [0.15, 0.2) is 0 Å². The van der Waals surface area contributed by atoms with Gasteiger partial charge >= 0.3 is 0 Å². The summed E-state index contributed by atoms with van der Waals surface area (Å²) < 4.78 is -0.681. The van der Waals surface area contributed by atoms with Crippen LogP contribution < -0.4 is 10.8 Å². The maximum Gasteiger partial charge on any atom is 0.266 e. The highest BCUT2D eigenvalue weighted by Crippen LogP contribution is 2.37. The first-order valence-corrected chi connectivity index (χ1v) is 8.57. The summed E-state index contributed by atoms with van der Waals surface area (Å²) in [6.07, 6.45) is 0. The van der Waals surface area contributed by atoms with Gasteiger partial charge in [-0.25, -0.2) is 0 Å². The van der Waals surface area contributed by atoms with Gasteiger partial charge in [0.2, 0.25) is 0 Å². The van der Waals surface area contributed by atoms with Crippen molar-refractivity contribution in [2.75, 3.05) is 0 Å². The van der Waals surface area contributed by atoms with E-state index in [9.17, 15) is 9.59 Å². The van der Waals surface area contributed by atoms with E-state index in [4.69, 9.17) is 10.8 Å². The van der Waals surface area contributed by atoms with Crippen LogP contribution in [0.3, 0.4) is 0 Å². The summed E-state index contributed by atoms with van der Waals surface area (Å²) in [4.78, 5) is 19.2. The van der Waals surface area contributed by atoms with Crippen LogP contribution in [0.25, 0.3) is 0 Å². The SMILES string of the molecule is CC(C)([Si](C)(N)O)[Si](C)(N)O. The van der Waals surface area contributed by atoms with Crippen molar-refractivity contribution in [3.63, 3.8) is 0 Å². The molecule has 0 amide bonds. The molecule has 0 aliphatic rings. The molecule has 11 heavy (non-hydrogen) atoms. The lowest BCUT2D eigenvalue weighted by Crippen LogP contribution is -2.67. The van der Waals surface area contributed by atoms with Crippen molar-refractivity contribution >= 4 is 17.0 Å². The summed E-state index contributed by atoms with van der Waals surface area (Å²) in [5.41, 5.74) is 0. The summed E-state index contributed by atoms with van der Waals surface area (Å²) in [5, 5.41) is 11.2. The Morgan fingerprint density at radius 1 is 1.00 bits per heavy atom. The Balaban J connectivity index is 4.75. The molecule has 6 N–H and O–H groups in total. The standard InChI is InChI=1S/C5H18N2O2Si2/c1-5(2,10(3,6)8)11(4,7)9/h8-9H,6-7H2,1-4H3. The van der Waals surface area contributed by atoms with Crippen molar-refractivity contribution < 1.29 is 9.59 Å². The Bertz CT molecular complexity index is 132. The molecule has 0 bridgehead atoms. The molecule has 0 radical (unpaired) electrons. The van der Waals surface area contributed by atoms with Gasteiger partial charge < -0.3 is 20.4 Å². The summed E-state index contributed by atoms with van der Waals surface area (Å²) in [6, 6.07) is 0. The van der Waals surface area contributed by atoms with Gasteiger partial charge in [-0.3, -0.25) is 0 Å². The summed E-state index contributed by atoms with van der Waals surface area (Å²) in [6.45, 7) is 6.62. The van der Waals surface area contributed by atoms with Gasteiger partial charge in [0, 0.05) is 4.66 Å². The van der Waals surface area contributed by atoms with Gasteiger partial charge in [-0.2, -0.15) is 0 Å². The molecule has 2 unspecified atom stereocenters. The molecule has 4 nitrogen and oxygen atoms in total. The highest BCUT2D eigenvalue weighted by molar-refractivity contribution is 6.91. The van der Waals surface area contributed by atoms with Crippen molar-refractivity contribution in [1.29, 1.82) is 0 Å². The normalized spacial score (nSPS) is 24.0. The lowest BCUT2D eigenvalue weighted by atomic mass is 10.5. The molecule has 0 heterocycles. The Kier molecular flexibility index (Phi) is 2.71. The lowest BCUT2D eigenvalue weighted by molar-refractivity contribution is 0.457. The van der Waals surface area contributed by atoms with Gasteiger partial charge in [0.1, 0.15) is 0 Å². The highest BCUT2D eigenvalue weighted by atomic mass is 28.4. The third-order valence-corrected chi connectivity index (χ3v) is 10.6. The maximum atomic E-state index is 9.59. The van der Waals surface area contributed by atoms with E-state index in [1.807, 2.05) is 0 Å². The summed E-state index contributed by atoms with van der Waals surface area (Å²) in [7, 11) is -5.67. The van der Waals surface area contributed by atoms with E-state index in [0.717, 1.165) is 0 Å². The fourth-order valence-corrected chi connectivity index (χ4v) is 4.61. The molecular weight excluding hydrogens is 176 g/mol. The second-order valence-electron chi connectivity index (χ2n) is 3.92. The van der Waals surface area contributed by atoms with Crippen LogP contribution in [0.4, 0.5) is 0 Å². The molecule has 6 heteroatoms. The molecule has 0 aromatic carbocycles. The second-order valence-corrected chi connectivity index (χ2v) is 11.5. The fraction of sp³-hybridized carbons (Fsp3) is 1.00. The molecule has 0 aliphatic heterocycles. The van der Waals surface area contributed by atoms with E-state index in [-0.39, 0.29) is 0 Å². The van der Waals surface area contributed by atoms with Crippen LogP contribution in [0.2, 0.25) is 17.8 Å². The van der Waals surface area contributed by atoms with E-state index >= 15 is 0 Å².